The number of halogens is 1. The molecule has 124 valence electrons. The average molecular weight is 387 g/mol. The molecule has 1 atom stereocenters. The van der Waals surface area contributed by atoms with Gasteiger partial charge in [-0.2, -0.15) is 0 Å². The number of thioether (sulfide) groups is 2. The maximum absolute atomic E-state index is 12.8. The number of aliphatic imine (C=N–C) groups is 1. The predicted molar refractivity (Wildman–Crippen MR) is 104 cm³/mol. The van der Waals surface area contributed by atoms with Gasteiger partial charge in [-0.25, -0.2) is 10.0 Å². The molecule has 5 rings (SSSR count). The summed E-state index contributed by atoms with van der Waals surface area (Å²) in [7, 11) is 0. The molecule has 3 heterocycles. The highest BCUT2D eigenvalue weighted by Gasteiger charge is 2.58. The molecule has 25 heavy (non-hydrogen) atoms. The summed E-state index contributed by atoms with van der Waals surface area (Å²) in [5.41, 5.74) is 5.90. The van der Waals surface area contributed by atoms with Crippen molar-refractivity contribution in [3.63, 3.8) is 0 Å². The smallest absolute Gasteiger partial charge is 0.267 e. The molecule has 5 nitrogen and oxygen atoms in total. The number of hydrazine groups is 1. The Morgan fingerprint density at radius 3 is 2.76 bits per heavy atom. The van der Waals surface area contributed by atoms with E-state index in [0.717, 1.165) is 27.1 Å². The van der Waals surface area contributed by atoms with Crippen molar-refractivity contribution in [3.8, 4) is 0 Å². The molecule has 3 aliphatic rings. The number of rotatable bonds is 1. The summed E-state index contributed by atoms with van der Waals surface area (Å²) in [5.74, 6) is -0.0502. The third-order valence-corrected chi connectivity index (χ3v) is 6.74. The Balaban J connectivity index is 1.51. The van der Waals surface area contributed by atoms with Crippen LogP contribution in [0.5, 0.6) is 0 Å². The first kappa shape index (κ1) is 15.2. The van der Waals surface area contributed by atoms with Gasteiger partial charge in [0.1, 0.15) is 5.03 Å². The summed E-state index contributed by atoms with van der Waals surface area (Å²) in [5, 5.41) is 9.24. The van der Waals surface area contributed by atoms with Crippen molar-refractivity contribution in [1.82, 2.24) is 10.4 Å². The quantitative estimate of drug-likeness (QED) is 0.768. The van der Waals surface area contributed by atoms with Crippen LogP contribution < -0.4 is 10.7 Å². The molecule has 8 heteroatoms. The normalized spacial score (nSPS) is 25.0. The van der Waals surface area contributed by atoms with Gasteiger partial charge in [-0.15, -0.1) is 0 Å². The van der Waals surface area contributed by atoms with Gasteiger partial charge >= 0.3 is 0 Å². The van der Waals surface area contributed by atoms with Crippen LogP contribution in [0, 0.1) is 0 Å². The average Bonchev–Trinajstić information content (AvgIpc) is 3.24. The summed E-state index contributed by atoms with van der Waals surface area (Å²) in [6, 6.07) is 15.1. The van der Waals surface area contributed by atoms with Crippen LogP contribution in [0.25, 0.3) is 0 Å². The Bertz CT molecular complexity index is 959. The van der Waals surface area contributed by atoms with Crippen LogP contribution in [-0.4, -0.2) is 16.1 Å². The number of amidine groups is 1. The van der Waals surface area contributed by atoms with Gasteiger partial charge in [-0.05, 0) is 42.1 Å². The minimum atomic E-state index is -0.823. The summed E-state index contributed by atoms with van der Waals surface area (Å²) < 4.78 is 0. The van der Waals surface area contributed by atoms with Crippen molar-refractivity contribution in [2.45, 2.75) is 4.87 Å². The summed E-state index contributed by atoms with van der Waals surface area (Å²) in [6.45, 7) is 0. The molecule has 0 bridgehead atoms. The molecule has 1 amide bonds. The number of benzene rings is 2. The number of anilines is 1. The Hall–Kier alpha value is -2.09. The first-order valence-electron chi connectivity index (χ1n) is 7.55. The zero-order valence-corrected chi connectivity index (χ0v) is 15.1. The molecule has 0 aliphatic carbocycles. The van der Waals surface area contributed by atoms with Crippen LogP contribution in [0.1, 0.15) is 5.56 Å². The molecule has 1 unspecified atom stereocenters. The number of nitrogens with one attached hydrogen (secondary N) is 2. The third kappa shape index (κ3) is 2.19. The highest BCUT2D eigenvalue weighted by Crippen LogP contribution is 2.57. The topological polar surface area (TPSA) is 56.7 Å². The van der Waals surface area contributed by atoms with Crippen LogP contribution in [-0.2, 0) is 9.67 Å². The van der Waals surface area contributed by atoms with Crippen molar-refractivity contribution in [1.29, 1.82) is 0 Å². The van der Waals surface area contributed by atoms with E-state index in [0.29, 0.717) is 5.02 Å². The molecule has 0 saturated carbocycles. The van der Waals surface area contributed by atoms with E-state index in [1.54, 1.807) is 12.1 Å². The fourth-order valence-corrected chi connectivity index (χ4v) is 5.42. The van der Waals surface area contributed by atoms with Crippen molar-refractivity contribution in [2.24, 2.45) is 4.99 Å². The van der Waals surface area contributed by atoms with Gasteiger partial charge in [0.2, 0.25) is 4.87 Å². The van der Waals surface area contributed by atoms with E-state index in [1.165, 1.54) is 23.5 Å². The molecule has 1 saturated heterocycles. The standard InChI is InChI=1S/C17H11ClN4OS2/c18-10-5-7-11(8-6-10)19-16-21-22-14(25-16)9-24-17(22)12-3-1-2-4-13(12)20-15(17)23/h1-9H,(H,19,21)(H,20,23). The summed E-state index contributed by atoms with van der Waals surface area (Å²) in [4.78, 5) is 16.6. The van der Waals surface area contributed by atoms with Crippen molar-refractivity contribution >= 4 is 57.6 Å². The van der Waals surface area contributed by atoms with E-state index in [2.05, 4.69) is 15.7 Å². The number of para-hydroxylation sites is 1. The van der Waals surface area contributed by atoms with Gasteiger partial charge in [-0.3, -0.25) is 10.2 Å². The Kier molecular flexibility index (Phi) is 3.31. The highest BCUT2D eigenvalue weighted by atomic mass is 35.5. The van der Waals surface area contributed by atoms with E-state index < -0.39 is 4.87 Å². The molecule has 2 aromatic rings. The van der Waals surface area contributed by atoms with Crippen molar-refractivity contribution in [3.05, 3.63) is 69.6 Å². The van der Waals surface area contributed by atoms with Gasteiger partial charge in [-0.1, -0.05) is 41.6 Å². The fourth-order valence-electron chi connectivity index (χ4n) is 3.05. The van der Waals surface area contributed by atoms with Crippen LogP contribution in [0.4, 0.5) is 11.4 Å². The van der Waals surface area contributed by atoms with Crippen molar-refractivity contribution < 1.29 is 4.79 Å². The molecule has 1 fully saturated rings. The molecular formula is C17H11ClN4OS2. The van der Waals surface area contributed by atoms with Crippen molar-refractivity contribution in [2.75, 3.05) is 5.32 Å². The lowest BCUT2D eigenvalue weighted by atomic mass is 10.1. The Labute approximate surface area is 157 Å². The second-order valence-corrected chi connectivity index (χ2v) is 8.17. The maximum atomic E-state index is 12.8. The Morgan fingerprint density at radius 2 is 1.92 bits per heavy atom. The number of hydrogen-bond donors (Lipinski definition) is 2. The molecule has 2 aromatic carbocycles. The first-order valence-corrected chi connectivity index (χ1v) is 9.62. The number of carbonyl (C=O) groups excluding carboxylic acids is 1. The second kappa shape index (κ2) is 5.45. The second-order valence-electron chi connectivity index (χ2n) is 5.66. The number of nitrogens with zero attached hydrogens (tertiary/aromatic N) is 2. The van der Waals surface area contributed by atoms with Crippen LogP contribution in [0.3, 0.4) is 0 Å². The monoisotopic (exact) mass is 386 g/mol. The number of fused-ring (bicyclic) bond motifs is 4. The molecule has 0 radical (unpaired) electrons. The Morgan fingerprint density at radius 1 is 1.12 bits per heavy atom. The lowest BCUT2D eigenvalue weighted by Crippen LogP contribution is -2.49. The molecule has 0 aromatic heterocycles. The number of amides is 1. The van der Waals surface area contributed by atoms with Gasteiger partial charge in [0.05, 0.1) is 5.69 Å². The van der Waals surface area contributed by atoms with Gasteiger partial charge in [0.15, 0.2) is 5.17 Å². The van der Waals surface area contributed by atoms with Crippen LogP contribution in [0.15, 0.2) is 64.0 Å². The van der Waals surface area contributed by atoms with Crippen LogP contribution in [0.2, 0.25) is 5.02 Å². The van der Waals surface area contributed by atoms with E-state index in [-0.39, 0.29) is 5.91 Å². The fraction of sp³-hybridized carbons (Fsp3) is 0.0588. The molecule has 3 aliphatic heterocycles. The third-order valence-electron chi connectivity index (χ3n) is 4.18. The minimum Gasteiger partial charge on any atom is -0.322 e. The predicted octanol–water partition coefficient (Wildman–Crippen LogP) is 4.23. The lowest BCUT2D eigenvalue weighted by molar-refractivity contribution is -0.121. The molecular weight excluding hydrogens is 376 g/mol. The summed E-state index contributed by atoms with van der Waals surface area (Å²) in [6.07, 6.45) is 0. The van der Waals surface area contributed by atoms with Gasteiger partial charge in [0.25, 0.3) is 5.91 Å². The van der Waals surface area contributed by atoms with E-state index in [4.69, 9.17) is 11.6 Å². The van der Waals surface area contributed by atoms with Gasteiger partial charge < -0.3 is 5.32 Å². The highest BCUT2D eigenvalue weighted by molar-refractivity contribution is 8.18. The van der Waals surface area contributed by atoms with E-state index in [1.807, 2.05) is 46.8 Å². The lowest BCUT2D eigenvalue weighted by Gasteiger charge is -2.31. The number of carbonyl (C=O) groups is 1. The minimum absolute atomic E-state index is 0.0502. The van der Waals surface area contributed by atoms with Gasteiger partial charge in [0, 0.05) is 21.7 Å². The SMILES string of the molecule is O=C1Nc2ccccc2C12SC=C1SC(=Nc3ccc(Cl)cc3)NN12. The zero-order chi connectivity index (χ0) is 17.0. The van der Waals surface area contributed by atoms with E-state index in [9.17, 15) is 4.79 Å². The van der Waals surface area contributed by atoms with Crippen LogP contribution >= 0.6 is 35.1 Å². The van der Waals surface area contributed by atoms with E-state index >= 15 is 0 Å². The molecule has 1 spiro atoms. The first-order chi connectivity index (χ1) is 12.2. The maximum Gasteiger partial charge on any atom is 0.267 e. The summed E-state index contributed by atoms with van der Waals surface area (Å²) >= 11 is 8.93. The molecule has 2 N–H and O–H groups in total. The zero-order valence-electron chi connectivity index (χ0n) is 12.7. The largest absolute Gasteiger partial charge is 0.322 e. The number of hydrogen-bond acceptors (Lipinski definition) is 5.